The lowest BCUT2D eigenvalue weighted by Crippen LogP contribution is -1.86. The Bertz CT molecular complexity index is 567. The zero-order valence-corrected chi connectivity index (χ0v) is 10.5. The van der Waals surface area contributed by atoms with E-state index in [1.54, 1.807) is 0 Å². The van der Waals surface area contributed by atoms with E-state index in [9.17, 15) is 0 Å². The molecule has 0 aliphatic heterocycles. The molecule has 0 aliphatic carbocycles. The number of benzene rings is 2. The zero-order valence-electron chi connectivity index (χ0n) is 8.87. The monoisotopic (exact) mass is 271 g/mol. The van der Waals surface area contributed by atoms with Gasteiger partial charge >= 0.3 is 0 Å². The van der Waals surface area contributed by atoms with Gasteiger partial charge in [0.1, 0.15) is 0 Å². The second-order valence-electron chi connectivity index (χ2n) is 3.62. The smallest absolute Gasteiger partial charge is 0.0991 e. The zero-order chi connectivity index (χ0) is 11.5. The van der Waals surface area contributed by atoms with Crippen LogP contribution in [-0.4, -0.2) is 0 Å². The SMILES string of the molecule is Cc1ccc(C#N)cc1-c1ccccc1Br. The Morgan fingerprint density at radius 1 is 1.06 bits per heavy atom. The summed E-state index contributed by atoms with van der Waals surface area (Å²) in [6, 6.07) is 16.0. The molecule has 0 aromatic heterocycles. The van der Waals surface area contributed by atoms with E-state index in [1.807, 2.05) is 42.5 Å². The number of nitriles is 1. The highest BCUT2D eigenvalue weighted by atomic mass is 79.9. The van der Waals surface area contributed by atoms with Gasteiger partial charge < -0.3 is 0 Å². The van der Waals surface area contributed by atoms with Crippen LogP contribution >= 0.6 is 15.9 Å². The number of nitrogens with zero attached hydrogens (tertiary/aromatic N) is 1. The molecule has 0 radical (unpaired) electrons. The average molecular weight is 272 g/mol. The number of hydrogen-bond donors (Lipinski definition) is 0. The summed E-state index contributed by atoms with van der Waals surface area (Å²) < 4.78 is 1.05. The van der Waals surface area contributed by atoms with E-state index in [4.69, 9.17) is 5.26 Å². The summed E-state index contributed by atoms with van der Waals surface area (Å²) in [5, 5.41) is 8.91. The van der Waals surface area contributed by atoms with Gasteiger partial charge in [-0.25, -0.2) is 0 Å². The summed E-state index contributed by atoms with van der Waals surface area (Å²) in [7, 11) is 0. The first-order valence-electron chi connectivity index (χ1n) is 4.98. The second kappa shape index (κ2) is 4.51. The third kappa shape index (κ3) is 2.00. The van der Waals surface area contributed by atoms with Crippen molar-refractivity contribution in [3.63, 3.8) is 0 Å². The van der Waals surface area contributed by atoms with E-state index in [2.05, 4.69) is 28.9 Å². The van der Waals surface area contributed by atoms with Gasteiger partial charge in [0.2, 0.25) is 0 Å². The predicted molar refractivity (Wildman–Crippen MR) is 69.0 cm³/mol. The van der Waals surface area contributed by atoms with Crippen LogP contribution in [-0.2, 0) is 0 Å². The van der Waals surface area contributed by atoms with Crippen molar-refractivity contribution >= 4 is 15.9 Å². The van der Waals surface area contributed by atoms with Gasteiger partial charge in [-0.3, -0.25) is 0 Å². The summed E-state index contributed by atoms with van der Waals surface area (Å²) in [4.78, 5) is 0. The quantitative estimate of drug-likeness (QED) is 0.759. The molecule has 2 rings (SSSR count). The molecule has 0 saturated heterocycles. The Morgan fingerprint density at radius 3 is 2.50 bits per heavy atom. The van der Waals surface area contributed by atoms with Crippen LogP contribution < -0.4 is 0 Å². The van der Waals surface area contributed by atoms with Crippen molar-refractivity contribution in [3.8, 4) is 17.2 Å². The molecule has 16 heavy (non-hydrogen) atoms. The minimum atomic E-state index is 0.691. The Balaban J connectivity index is 2.65. The maximum absolute atomic E-state index is 8.91. The Morgan fingerprint density at radius 2 is 1.81 bits per heavy atom. The maximum atomic E-state index is 8.91. The molecule has 0 atom stereocenters. The van der Waals surface area contributed by atoms with Gasteiger partial charge in [0, 0.05) is 4.47 Å². The van der Waals surface area contributed by atoms with Gasteiger partial charge in [-0.2, -0.15) is 5.26 Å². The lowest BCUT2D eigenvalue weighted by atomic mass is 9.98. The maximum Gasteiger partial charge on any atom is 0.0991 e. The molecule has 2 heteroatoms. The van der Waals surface area contributed by atoms with Gasteiger partial charge in [0.25, 0.3) is 0 Å². The van der Waals surface area contributed by atoms with E-state index in [-0.39, 0.29) is 0 Å². The largest absolute Gasteiger partial charge is 0.192 e. The van der Waals surface area contributed by atoms with E-state index in [0.717, 1.165) is 15.6 Å². The minimum absolute atomic E-state index is 0.691. The fourth-order valence-corrected chi connectivity index (χ4v) is 2.16. The lowest BCUT2D eigenvalue weighted by Gasteiger charge is -2.08. The molecule has 0 bridgehead atoms. The first-order chi connectivity index (χ1) is 7.72. The van der Waals surface area contributed by atoms with E-state index in [0.29, 0.717) is 5.56 Å². The Hall–Kier alpha value is -1.59. The molecule has 0 spiro atoms. The molecule has 78 valence electrons. The van der Waals surface area contributed by atoms with Crippen LogP contribution in [0, 0.1) is 18.3 Å². The molecule has 0 amide bonds. The Labute approximate surface area is 103 Å². The average Bonchev–Trinajstić information content (AvgIpc) is 2.31. The molecule has 0 unspecified atom stereocenters. The molecular formula is C14H10BrN. The van der Waals surface area contributed by atoms with Crippen molar-refractivity contribution in [1.29, 1.82) is 5.26 Å². The van der Waals surface area contributed by atoms with Gasteiger partial charge in [-0.05, 0) is 41.8 Å². The molecule has 0 fully saturated rings. The lowest BCUT2D eigenvalue weighted by molar-refractivity contribution is 1.42. The fourth-order valence-electron chi connectivity index (χ4n) is 1.66. The predicted octanol–water partition coefficient (Wildman–Crippen LogP) is 4.30. The Kier molecular flexibility index (Phi) is 3.07. The van der Waals surface area contributed by atoms with Crippen LogP contribution in [0.1, 0.15) is 11.1 Å². The highest BCUT2D eigenvalue weighted by molar-refractivity contribution is 9.10. The van der Waals surface area contributed by atoms with Crippen molar-refractivity contribution in [1.82, 2.24) is 0 Å². The van der Waals surface area contributed by atoms with E-state index >= 15 is 0 Å². The van der Waals surface area contributed by atoms with Crippen LogP contribution in [0.25, 0.3) is 11.1 Å². The highest BCUT2D eigenvalue weighted by Gasteiger charge is 2.06. The third-order valence-corrected chi connectivity index (χ3v) is 3.22. The summed E-state index contributed by atoms with van der Waals surface area (Å²) >= 11 is 3.53. The van der Waals surface area contributed by atoms with Crippen LogP contribution in [0.2, 0.25) is 0 Å². The summed E-state index contributed by atoms with van der Waals surface area (Å²) in [5.74, 6) is 0. The van der Waals surface area contributed by atoms with Crippen LogP contribution in [0.4, 0.5) is 0 Å². The van der Waals surface area contributed by atoms with Gasteiger partial charge in [0.15, 0.2) is 0 Å². The van der Waals surface area contributed by atoms with Crippen molar-refractivity contribution in [2.75, 3.05) is 0 Å². The van der Waals surface area contributed by atoms with Gasteiger partial charge in [0.05, 0.1) is 11.6 Å². The van der Waals surface area contributed by atoms with E-state index in [1.165, 1.54) is 5.56 Å². The highest BCUT2D eigenvalue weighted by Crippen LogP contribution is 2.30. The van der Waals surface area contributed by atoms with Crippen LogP contribution in [0.15, 0.2) is 46.9 Å². The fraction of sp³-hybridized carbons (Fsp3) is 0.0714. The molecule has 0 heterocycles. The first-order valence-corrected chi connectivity index (χ1v) is 5.77. The molecular weight excluding hydrogens is 262 g/mol. The summed E-state index contributed by atoms with van der Waals surface area (Å²) in [6.45, 7) is 2.05. The summed E-state index contributed by atoms with van der Waals surface area (Å²) in [5.41, 5.74) is 4.09. The second-order valence-corrected chi connectivity index (χ2v) is 4.48. The molecule has 2 aromatic carbocycles. The van der Waals surface area contributed by atoms with Crippen molar-refractivity contribution in [2.24, 2.45) is 0 Å². The van der Waals surface area contributed by atoms with Crippen LogP contribution in [0.5, 0.6) is 0 Å². The first kappa shape index (κ1) is 10.9. The molecule has 1 nitrogen and oxygen atoms in total. The summed E-state index contributed by atoms with van der Waals surface area (Å²) in [6.07, 6.45) is 0. The van der Waals surface area contributed by atoms with Gasteiger partial charge in [-0.15, -0.1) is 0 Å². The number of halogens is 1. The third-order valence-electron chi connectivity index (χ3n) is 2.53. The van der Waals surface area contributed by atoms with Crippen molar-refractivity contribution in [3.05, 3.63) is 58.1 Å². The minimum Gasteiger partial charge on any atom is -0.192 e. The number of aryl methyl sites for hydroxylation is 1. The van der Waals surface area contributed by atoms with E-state index < -0.39 is 0 Å². The molecule has 0 aliphatic rings. The number of rotatable bonds is 1. The van der Waals surface area contributed by atoms with Gasteiger partial charge in [-0.1, -0.05) is 40.2 Å². The molecule has 2 aromatic rings. The standard InChI is InChI=1S/C14H10BrN/c1-10-6-7-11(9-16)8-13(10)12-4-2-3-5-14(12)15/h2-8H,1H3. The van der Waals surface area contributed by atoms with Crippen LogP contribution in [0.3, 0.4) is 0 Å². The normalized spacial score (nSPS) is 9.81. The topological polar surface area (TPSA) is 23.8 Å². The van der Waals surface area contributed by atoms with Crippen molar-refractivity contribution in [2.45, 2.75) is 6.92 Å². The molecule has 0 N–H and O–H groups in total. The number of hydrogen-bond acceptors (Lipinski definition) is 1. The molecule has 0 saturated carbocycles. The van der Waals surface area contributed by atoms with Crippen molar-refractivity contribution < 1.29 is 0 Å².